The summed E-state index contributed by atoms with van der Waals surface area (Å²) in [7, 11) is 0. The molecule has 0 saturated heterocycles. The average Bonchev–Trinajstić information content (AvgIpc) is 2.96. The highest BCUT2D eigenvalue weighted by atomic mass is 32.2. The number of nitrogens with zero attached hydrogens (tertiary/aromatic N) is 2. The fourth-order valence-corrected chi connectivity index (χ4v) is 2.48. The third-order valence-electron chi connectivity index (χ3n) is 2.81. The van der Waals surface area contributed by atoms with Gasteiger partial charge in [0.25, 0.3) is 5.22 Å². The van der Waals surface area contributed by atoms with Crippen molar-refractivity contribution in [2.75, 3.05) is 0 Å². The van der Waals surface area contributed by atoms with Crippen LogP contribution in [0.2, 0.25) is 0 Å². The van der Waals surface area contributed by atoms with Gasteiger partial charge in [-0.2, -0.15) is 0 Å². The molecular formula is C15H10F2N2OS. The minimum absolute atomic E-state index is 0.261. The molecule has 0 fully saturated rings. The van der Waals surface area contributed by atoms with Gasteiger partial charge in [-0.15, -0.1) is 10.2 Å². The quantitative estimate of drug-likeness (QED) is 0.673. The van der Waals surface area contributed by atoms with Crippen molar-refractivity contribution in [1.29, 1.82) is 0 Å². The zero-order valence-corrected chi connectivity index (χ0v) is 11.6. The first-order valence-electron chi connectivity index (χ1n) is 6.18. The van der Waals surface area contributed by atoms with Crippen molar-refractivity contribution < 1.29 is 13.2 Å². The molecule has 3 rings (SSSR count). The molecule has 0 unspecified atom stereocenters. The topological polar surface area (TPSA) is 38.9 Å². The van der Waals surface area contributed by atoms with Crippen molar-refractivity contribution in [2.24, 2.45) is 0 Å². The van der Waals surface area contributed by atoms with Crippen LogP contribution in [0.25, 0.3) is 11.5 Å². The molecule has 1 aromatic heterocycles. The Hall–Kier alpha value is -2.21. The van der Waals surface area contributed by atoms with Crippen LogP contribution in [-0.2, 0) is 5.75 Å². The van der Waals surface area contributed by atoms with Crippen LogP contribution in [0.4, 0.5) is 8.78 Å². The lowest BCUT2D eigenvalue weighted by Crippen LogP contribution is -1.86. The van der Waals surface area contributed by atoms with E-state index in [1.807, 2.05) is 0 Å². The average molecular weight is 304 g/mol. The lowest BCUT2D eigenvalue weighted by atomic mass is 10.2. The molecule has 21 heavy (non-hydrogen) atoms. The van der Waals surface area contributed by atoms with Gasteiger partial charge in [-0.05, 0) is 35.9 Å². The first kappa shape index (κ1) is 13.8. The van der Waals surface area contributed by atoms with E-state index in [2.05, 4.69) is 10.2 Å². The van der Waals surface area contributed by atoms with Gasteiger partial charge in [0.15, 0.2) is 0 Å². The Kier molecular flexibility index (Phi) is 3.96. The van der Waals surface area contributed by atoms with Gasteiger partial charge in [0.05, 0.1) is 0 Å². The van der Waals surface area contributed by atoms with Crippen LogP contribution in [0.15, 0.2) is 58.2 Å². The van der Waals surface area contributed by atoms with Gasteiger partial charge in [0.2, 0.25) is 5.89 Å². The summed E-state index contributed by atoms with van der Waals surface area (Å²) in [4.78, 5) is 0. The normalized spacial score (nSPS) is 10.8. The Labute approximate surface area is 124 Å². The highest BCUT2D eigenvalue weighted by molar-refractivity contribution is 7.98. The van der Waals surface area contributed by atoms with E-state index in [0.717, 1.165) is 0 Å². The Balaban J connectivity index is 1.71. The lowest BCUT2D eigenvalue weighted by molar-refractivity contribution is 0.465. The van der Waals surface area contributed by atoms with E-state index < -0.39 is 0 Å². The van der Waals surface area contributed by atoms with E-state index in [9.17, 15) is 8.78 Å². The highest BCUT2D eigenvalue weighted by Crippen LogP contribution is 2.26. The van der Waals surface area contributed by atoms with Crippen LogP contribution in [0, 0.1) is 11.6 Å². The van der Waals surface area contributed by atoms with Crippen LogP contribution < -0.4 is 0 Å². The molecule has 3 nitrogen and oxygen atoms in total. The number of hydrogen-bond acceptors (Lipinski definition) is 4. The summed E-state index contributed by atoms with van der Waals surface area (Å²) in [6.07, 6.45) is 0. The van der Waals surface area contributed by atoms with Crippen LogP contribution in [0.3, 0.4) is 0 Å². The van der Waals surface area contributed by atoms with Crippen molar-refractivity contribution in [3.8, 4) is 11.5 Å². The second-order valence-corrected chi connectivity index (χ2v) is 5.19. The molecule has 0 radical (unpaired) electrons. The van der Waals surface area contributed by atoms with Crippen LogP contribution >= 0.6 is 11.8 Å². The van der Waals surface area contributed by atoms with Gasteiger partial charge in [-0.25, -0.2) is 8.78 Å². The summed E-state index contributed by atoms with van der Waals surface area (Å²) in [6, 6.07) is 12.3. The third kappa shape index (κ3) is 3.28. The van der Waals surface area contributed by atoms with E-state index in [1.54, 1.807) is 30.3 Å². The number of aromatic nitrogens is 2. The fourth-order valence-electron chi connectivity index (χ4n) is 1.73. The molecule has 0 N–H and O–H groups in total. The van der Waals surface area contributed by atoms with Crippen LogP contribution in [0.5, 0.6) is 0 Å². The fraction of sp³-hybridized carbons (Fsp3) is 0.0667. The lowest BCUT2D eigenvalue weighted by Gasteiger charge is -1.99. The standard InChI is InChI=1S/C15H10F2N2OS/c16-12-7-5-10(6-8-12)14-18-19-15(20-14)21-9-11-3-1-2-4-13(11)17/h1-8H,9H2. The highest BCUT2D eigenvalue weighted by Gasteiger charge is 2.10. The summed E-state index contributed by atoms with van der Waals surface area (Å²) in [5, 5.41) is 8.13. The van der Waals surface area contributed by atoms with E-state index in [-0.39, 0.29) is 11.6 Å². The molecule has 0 spiro atoms. The maximum atomic E-state index is 13.5. The third-order valence-corrected chi connectivity index (χ3v) is 3.67. The van der Waals surface area contributed by atoms with E-state index in [0.29, 0.717) is 28.0 Å². The Morgan fingerprint density at radius 1 is 0.952 bits per heavy atom. The van der Waals surface area contributed by atoms with Gasteiger partial charge in [0, 0.05) is 11.3 Å². The van der Waals surface area contributed by atoms with Crippen molar-refractivity contribution >= 4 is 11.8 Å². The zero-order valence-electron chi connectivity index (χ0n) is 10.8. The van der Waals surface area contributed by atoms with E-state index in [1.165, 1.54) is 30.0 Å². The molecule has 6 heteroatoms. The smallest absolute Gasteiger partial charge is 0.277 e. The summed E-state index contributed by atoms with van der Waals surface area (Å²) in [5.74, 6) is 0.124. The van der Waals surface area contributed by atoms with Crippen molar-refractivity contribution in [3.63, 3.8) is 0 Å². The molecule has 106 valence electrons. The number of hydrogen-bond donors (Lipinski definition) is 0. The summed E-state index contributed by atoms with van der Waals surface area (Å²) < 4.78 is 31.8. The van der Waals surface area contributed by atoms with Crippen LogP contribution in [0.1, 0.15) is 5.56 Å². The van der Waals surface area contributed by atoms with Gasteiger partial charge in [-0.3, -0.25) is 0 Å². The maximum Gasteiger partial charge on any atom is 0.277 e. The first-order valence-corrected chi connectivity index (χ1v) is 7.16. The minimum atomic E-state index is -0.326. The molecule has 0 amide bonds. The van der Waals surface area contributed by atoms with E-state index in [4.69, 9.17) is 4.42 Å². The first-order chi connectivity index (χ1) is 10.2. The molecule has 0 aliphatic heterocycles. The van der Waals surface area contributed by atoms with Gasteiger partial charge in [-0.1, -0.05) is 30.0 Å². The minimum Gasteiger partial charge on any atom is -0.411 e. The van der Waals surface area contributed by atoms with Crippen molar-refractivity contribution in [2.45, 2.75) is 11.0 Å². The molecule has 0 saturated carbocycles. The van der Waals surface area contributed by atoms with Crippen molar-refractivity contribution in [3.05, 3.63) is 65.7 Å². The summed E-state index contributed by atoms with van der Waals surface area (Å²) in [5.41, 5.74) is 1.21. The maximum absolute atomic E-state index is 13.5. The predicted molar refractivity (Wildman–Crippen MR) is 75.7 cm³/mol. The number of benzene rings is 2. The zero-order chi connectivity index (χ0) is 14.7. The molecule has 0 atom stereocenters. The second-order valence-electron chi connectivity index (χ2n) is 4.26. The Morgan fingerprint density at radius 2 is 1.71 bits per heavy atom. The van der Waals surface area contributed by atoms with Crippen molar-refractivity contribution in [1.82, 2.24) is 10.2 Å². The molecular weight excluding hydrogens is 294 g/mol. The number of halogens is 2. The molecule has 0 bridgehead atoms. The monoisotopic (exact) mass is 304 g/mol. The number of thioether (sulfide) groups is 1. The van der Waals surface area contributed by atoms with Crippen LogP contribution in [-0.4, -0.2) is 10.2 Å². The van der Waals surface area contributed by atoms with Gasteiger partial charge >= 0.3 is 0 Å². The number of rotatable bonds is 4. The largest absolute Gasteiger partial charge is 0.411 e. The second kappa shape index (κ2) is 6.05. The SMILES string of the molecule is Fc1ccc(-c2nnc(SCc3ccccc3F)o2)cc1. The Morgan fingerprint density at radius 3 is 2.48 bits per heavy atom. The Bertz CT molecular complexity index is 743. The molecule has 2 aromatic carbocycles. The van der Waals surface area contributed by atoms with E-state index >= 15 is 0 Å². The summed E-state index contributed by atoms with van der Waals surface area (Å²) >= 11 is 1.25. The van der Waals surface area contributed by atoms with Gasteiger partial charge in [0.1, 0.15) is 11.6 Å². The van der Waals surface area contributed by atoms with Gasteiger partial charge < -0.3 is 4.42 Å². The molecule has 1 heterocycles. The molecule has 0 aliphatic carbocycles. The molecule has 0 aliphatic rings. The predicted octanol–water partition coefficient (Wildman–Crippen LogP) is 4.31. The summed E-state index contributed by atoms with van der Waals surface area (Å²) in [6.45, 7) is 0. The molecule has 3 aromatic rings.